The highest BCUT2D eigenvalue weighted by Gasteiger charge is 2.35. The first-order chi connectivity index (χ1) is 8.36. The highest BCUT2D eigenvalue weighted by Crippen LogP contribution is 2.28. The summed E-state index contributed by atoms with van der Waals surface area (Å²) in [6.07, 6.45) is 2.71. The molecule has 3 rings (SSSR count). The van der Waals surface area contributed by atoms with Crippen molar-refractivity contribution in [3.63, 3.8) is 0 Å². The Bertz CT molecular complexity index is 360. The monoisotopic (exact) mass is 232 g/mol. The molecule has 3 nitrogen and oxygen atoms in total. The van der Waals surface area contributed by atoms with Crippen molar-refractivity contribution < 1.29 is 4.74 Å². The fraction of sp³-hybridized carbons (Fsp3) is 0.571. The third-order valence-corrected chi connectivity index (χ3v) is 4.06. The molecule has 0 aliphatic carbocycles. The molecule has 2 saturated heterocycles. The molecule has 17 heavy (non-hydrogen) atoms. The Morgan fingerprint density at radius 3 is 2.41 bits per heavy atom. The maximum atomic E-state index is 5.19. The number of piperazine rings is 1. The molecular formula is C14H20N2O. The zero-order valence-electron chi connectivity index (χ0n) is 10.4. The van der Waals surface area contributed by atoms with Crippen LogP contribution in [-0.4, -0.2) is 37.2 Å². The molecule has 3 heteroatoms. The molecule has 2 aliphatic rings. The van der Waals surface area contributed by atoms with Crippen LogP contribution in [0.5, 0.6) is 5.75 Å². The van der Waals surface area contributed by atoms with Gasteiger partial charge in [0.15, 0.2) is 0 Å². The van der Waals surface area contributed by atoms with Crippen LogP contribution in [0.1, 0.15) is 18.4 Å². The summed E-state index contributed by atoms with van der Waals surface area (Å²) in [4.78, 5) is 2.66. The minimum Gasteiger partial charge on any atom is -0.497 e. The Morgan fingerprint density at radius 2 is 1.82 bits per heavy atom. The molecule has 0 radical (unpaired) electrons. The maximum Gasteiger partial charge on any atom is 0.118 e. The van der Waals surface area contributed by atoms with Crippen molar-refractivity contribution in [2.45, 2.75) is 31.5 Å². The van der Waals surface area contributed by atoms with E-state index in [1.807, 2.05) is 0 Å². The molecule has 2 heterocycles. The lowest BCUT2D eigenvalue weighted by molar-refractivity contribution is 0.145. The Kier molecular flexibility index (Phi) is 3.04. The fourth-order valence-corrected chi connectivity index (χ4v) is 3.07. The molecule has 2 fully saturated rings. The van der Waals surface area contributed by atoms with Gasteiger partial charge < -0.3 is 10.1 Å². The van der Waals surface area contributed by atoms with Gasteiger partial charge in [-0.15, -0.1) is 0 Å². The lowest BCUT2D eigenvalue weighted by Gasteiger charge is -2.35. The van der Waals surface area contributed by atoms with E-state index in [9.17, 15) is 0 Å². The molecule has 2 unspecified atom stereocenters. The van der Waals surface area contributed by atoms with Gasteiger partial charge in [-0.3, -0.25) is 4.90 Å². The minimum absolute atomic E-state index is 0.746. The van der Waals surface area contributed by atoms with Gasteiger partial charge in [-0.25, -0.2) is 0 Å². The lowest BCUT2D eigenvalue weighted by Crippen LogP contribution is -2.51. The first-order valence-corrected chi connectivity index (χ1v) is 6.46. The first kappa shape index (κ1) is 11.1. The van der Waals surface area contributed by atoms with Crippen molar-refractivity contribution in [2.24, 2.45) is 0 Å². The first-order valence-electron chi connectivity index (χ1n) is 6.46. The van der Waals surface area contributed by atoms with E-state index in [2.05, 4.69) is 34.5 Å². The molecule has 92 valence electrons. The van der Waals surface area contributed by atoms with Gasteiger partial charge >= 0.3 is 0 Å². The molecule has 1 aromatic carbocycles. The van der Waals surface area contributed by atoms with E-state index < -0.39 is 0 Å². The predicted molar refractivity (Wildman–Crippen MR) is 68.2 cm³/mol. The van der Waals surface area contributed by atoms with Crippen molar-refractivity contribution in [3.8, 4) is 5.75 Å². The fourth-order valence-electron chi connectivity index (χ4n) is 3.07. The Hall–Kier alpha value is -1.06. The van der Waals surface area contributed by atoms with E-state index in [4.69, 9.17) is 4.74 Å². The van der Waals surface area contributed by atoms with Gasteiger partial charge in [0.25, 0.3) is 0 Å². The second-order valence-corrected chi connectivity index (χ2v) is 5.06. The van der Waals surface area contributed by atoms with E-state index in [-0.39, 0.29) is 0 Å². The van der Waals surface area contributed by atoms with Crippen molar-refractivity contribution in [2.75, 3.05) is 20.2 Å². The highest BCUT2D eigenvalue weighted by molar-refractivity contribution is 5.27. The van der Waals surface area contributed by atoms with Gasteiger partial charge in [0.1, 0.15) is 5.75 Å². The molecule has 0 saturated carbocycles. The SMILES string of the molecule is COc1ccc(CN2C3CCC2CNC3)cc1. The smallest absolute Gasteiger partial charge is 0.118 e. The molecule has 1 N–H and O–H groups in total. The van der Waals surface area contributed by atoms with E-state index in [1.165, 1.54) is 18.4 Å². The zero-order chi connectivity index (χ0) is 11.7. The summed E-state index contributed by atoms with van der Waals surface area (Å²) in [5.41, 5.74) is 1.39. The van der Waals surface area contributed by atoms with Gasteiger partial charge in [-0.2, -0.15) is 0 Å². The Labute approximate surface area is 103 Å². The zero-order valence-corrected chi connectivity index (χ0v) is 10.4. The van der Waals surface area contributed by atoms with E-state index in [0.717, 1.165) is 37.5 Å². The van der Waals surface area contributed by atoms with Gasteiger partial charge in [-0.1, -0.05) is 12.1 Å². The number of hydrogen-bond acceptors (Lipinski definition) is 3. The molecule has 2 aliphatic heterocycles. The molecule has 2 bridgehead atoms. The predicted octanol–water partition coefficient (Wildman–Crippen LogP) is 1.63. The average Bonchev–Trinajstić information content (AvgIpc) is 2.62. The molecule has 1 aromatic rings. The van der Waals surface area contributed by atoms with Crippen LogP contribution in [0.25, 0.3) is 0 Å². The summed E-state index contributed by atoms with van der Waals surface area (Å²) in [6, 6.07) is 9.96. The third-order valence-electron chi connectivity index (χ3n) is 4.06. The van der Waals surface area contributed by atoms with Crippen LogP contribution in [0.2, 0.25) is 0 Å². The van der Waals surface area contributed by atoms with Crippen LogP contribution in [0.15, 0.2) is 24.3 Å². The second kappa shape index (κ2) is 4.67. The standard InChI is InChI=1S/C14H20N2O/c1-17-14-6-2-11(3-7-14)10-16-12-4-5-13(16)9-15-8-12/h2-3,6-7,12-13,15H,4-5,8-10H2,1H3. The summed E-state index contributed by atoms with van der Waals surface area (Å²) in [6.45, 7) is 3.40. The number of nitrogens with one attached hydrogen (secondary N) is 1. The second-order valence-electron chi connectivity index (χ2n) is 5.06. The third kappa shape index (κ3) is 2.17. The van der Waals surface area contributed by atoms with Crippen LogP contribution in [-0.2, 0) is 6.54 Å². The van der Waals surface area contributed by atoms with Crippen molar-refractivity contribution in [1.82, 2.24) is 10.2 Å². The molecule has 2 atom stereocenters. The summed E-state index contributed by atoms with van der Waals surface area (Å²) in [5.74, 6) is 0.942. The number of nitrogens with zero attached hydrogens (tertiary/aromatic N) is 1. The topological polar surface area (TPSA) is 24.5 Å². The van der Waals surface area contributed by atoms with Gasteiger partial charge in [0.2, 0.25) is 0 Å². The van der Waals surface area contributed by atoms with E-state index >= 15 is 0 Å². The van der Waals surface area contributed by atoms with Crippen LogP contribution >= 0.6 is 0 Å². The van der Waals surface area contributed by atoms with E-state index in [0.29, 0.717) is 0 Å². The van der Waals surface area contributed by atoms with Crippen LogP contribution in [0.4, 0.5) is 0 Å². The molecule has 0 aromatic heterocycles. The number of rotatable bonds is 3. The minimum atomic E-state index is 0.746. The van der Waals surface area contributed by atoms with Gasteiger partial charge in [0, 0.05) is 31.7 Å². The summed E-state index contributed by atoms with van der Waals surface area (Å²) in [5, 5.41) is 3.52. The van der Waals surface area contributed by atoms with Gasteiger partial charge in [0.05, 0.1) is 7.11 Å². The van der Waals surface area contributed by atoms with Gasteiger partial charge in [-0.05, 0) is 30.5 Å². The Morgan fingerprint density at radius 1 is 1.18 bits per heavy atom. The average molecular weight is 232 g/mol. The van der Waals surface area contributed by atoms with Crippen LogP contribution in [0.3, 0.4) is 0 Å². The number of ether oxygens (including phenoxy) is 1. The maximum absolute atomic E-state index is 5.19. The molecule has 0 spiro atoms. The molecule has 0 amide bonds. The lowest BCUT2D eigenvalue weighted by atomic mass is 10.1. The van der Waals surface area contributed by atoms with Crippen molar-refractivity contribution >= 4 is 0 Å². The summed E-state index contributed by atoms with van der Waals surface area (Å²) >= 11 is 0. The quantitative estimate of drug-likeness (QED) is 0.857. The van der Waals surface area contributed by atoms with E-state index in [1.54, 1.807) is 7.11 Å². The summed E-state index contributed by atoms with van der Waals surface area (Å²) < 4.78 is 5.19. The number of fused-ring (bicyclic) bond motifs is 2. The van der Waals surface area contributed by atoms with Crippen LogP contribution in [0, 0.1) is 0 Å². The normalized spacial score (nSPS) is 28.3. The number of benzene rings is 1. The van der Waals surface area contributed by atoms with Crippen LogP contribution < -0.4 is 10.1 Å². The molecular weight excluding hydrogens is 212 g/mol. The summed E-state index contributed by atoms with van der Waals surface area (Å²) in [7, 11) is 1.71. The van der Waals surface area contributed by atoms with Crippen molar-refractivity contribution in [3.05, 3.63) is 29.8 Å². The number of methoxy groups -OCH3 is 1. The largest absolute Gasteiger partial charge is 0.497 e. The highest BCUT2D eigenvalue weighted by atomic mass is 16.5. The van der Waals surface area contributed by atoms with Crippen molar-refractivity contribution in [1.29, 1.82) is 0 Å². The Balaban J connectivity index is 1.69. The number of hydrogen-bond donors (Lipinski definition) is 1.